The number of hydrogen-bond donors (Lipinski definition) is 1. The summed E-state index contributed by atoms with van der Waals surface area (Å²) in [6.45, 7) is 15.3. The molecular formula is C14H24N2O2. The van der Waals surface area contributed by atoms with Crippen molar-refractivity contribution in [3.63, 3.8) is 0 Å². The van der Waals surface area contributed by atoms with Crippen LogP contribution < -0.4 is 5.32 Å². The fraction of sp³-hybridized carbons (Fsp3) is 0.786. The molecule has 0 saturated carbocycles. The van der Waals surface area contributed by atoms with E-state index in [0.717, 1.165) is 17.0 Å². The van der Waals surface area contributed by atoms with Crippen molar-refractivity contribution in [3.8, 4) is 0 Å². The summed E-state index contributed by atoms with van der Waals surface area (Å²) in [6.07, 6.45) is 0. The van der Waals surface area contributed by atoms with E-state index in [1.807, 2.05) is 13.8 Å². The molecule has 2 heterocycles. The molecule has 4 heteroatoms. The summed E-state index contributed by atoms with van der Waals surface area (Å²) in [5.41, 5.74) is 1.38. The highest BCUT2D eigenvalue weighted by Crippen LogP contribution is 2.48. The van der Waals surface area contributed by atoms with E-state index in [4.69, 9.17) is 9.26 Å². The van der Waals surface area contributed by atoms with Crippen LogP contribution in [0.4, 0.5) is 0 Å². The smallest absolute Gasteiger partial charge is 0.174 e. The third-order valence-corrected chi connectivity index (χ3v) is 3.21. The fourth-order valence-electron chi connectivity index (χ4n) is 2.56. The highest BCUT2D eigenvalue weighted by molar-refractivity contribution is 5.36. The number of nitrogens with zero attached hydrogens (tertiary/aromatic N) is 1. The number of rotatable bonds is 2. The third kappa shape index (κ3) is 2.31. The molecule has 0 unspecified atom stereocenters. The molecular weight excluding hydrogens is 228 g/mol. The quantitative estimate of drug-likeness (QED) is 0.878. The van der Waals surface area contributed by atoms with Crippen molar-refractivity contribution < 1.29 is 9.26 Å². The Kier molecular flexibility index (Phi) is 2.87. The monoisotopic (exact) mass is 252 g/mol. The average molecular weight is 252 g/mol. The molecule has 1 N–H and O–H groups in total. The molecule has 0 spiro atoms. The van der Waals surface area contributed by atoms with Crippen molar-refractivity contribution in [2.75, 3.05) is 0 Å². The van der Waals surface area contributed by atoms with Crippen molar-refractivity contribution in [2.24, 2.45) is 0 Å². The highest BCUT2D eigenvalue weighted by atomic mass is 16.6. The van der Waals surface area contributed by atoms with Gasteiger partial charge < -0.3 is 14.6 Å². The zero-order chi connectivity index (χ0) is 13.8. The molecule has 1 aromatic heterocycles. The summed E-state index contributed by atoms with van der Waals surface area (Å²) < 4.78 is 11.6. The molecule has 0 saturated heterocycles. The van der Waals surface area contributed by atoms with Gasteiger partial charge in [0, 0.05) is 12.1 Å². The first-order valence-electron chi connectivity index (χ1n) is 6.48. The maximum absolute atomic E-state index is 6.06. The number of fused-ring (bicyclic) bond motifs is 1. The Bertz CT molecular complexity index is 453. The molecule has 0 atom stereocenters. The predicted octanol–water partition coefficient (Wildman–Crippen LogP) is 3.06. The molecule has 0 fully saturated rings. The van der Waals surface area contributed by atoms with Crippen LogP contribution in [0.15, 0.2) is 4.52 Å². The summed E-state index contributed by atoms with van der Waals surface area (Å²) in [5.74, 6) is 0.859. The molecule has 4 nitrogen and oxygen atoms in total. The van der Waals surface area contributed by atoms with Gasteiger partial charge in [-0.25, -0.2) is 0 Å². The van der Waals surface area contributed by atoms with Gasteiger partial charge >= 0.3 is 0 Å². The Balaban J connectivity index is 2.32. The molecule has 0 bridgehead atoms. The second kappa shape index (κ2) is 3.81. The van der Waals surface area contributed by atoms with E-state index in [2.05, 4.69) is 45.1 Å². The number of hydrogen-bond acceptors (Lipinski definition) is 4. The number of aromatic nitrogens is 1. The van der Waals surface area contributed by atoms with Crippen LogP contribution in [0.5, 0.6) is 0 Å². The first-order chi connectivity index (χ1) is 8.03. The van der Waals surface area contributed by atoms with E-state index in [1.54, 1.807) is 0 Å². The van der Waals surface area contributed by atoms with Crippen LogP contribution in [0.3, 0.4) is 0 Å². The van der Waals surface area contributed by atoms with Gasteiger partial charge in [-0.2, -0.15) is 0 Å². The summed E-state index contributed by atoms with van der Waals surface area (Å²) in [5, 5.41) is 7.66. The Labute approximate surface area is 109 Å². The minimum atomic E-state index is -0.397. The minimum Gasteiger partial charge on any atom is -0.358 e. The Morgan fingerprint density at radius 3 is 2.28 bits per heavy atom. The van der Waals surface area contributed by atoms with E-state index < -0.39 is 5.60 Å². The molecule has 102 valence electrons. The topological polar surface area (TPSA) is 47.3 Å². The lowest BCUT2D eigenvalue weighted by atomic mass is 9.95. The second-order valence-corrected chi connectivity index (χ2v) is 7.06. The van der Waals surface area contributed by atoms with Crippen molar-refractivity contribution >= 4 is 0 Å². The van der Waals surface area contributed by atoms with Crippen LogP contribution in [-0.2, 0) is 22.5 Å². The zero-order valence-corrected chi connectivity index (χ0v) is 12.5. The lowest BCUT2D eigenvalue weighted by molar-refractivity contribution is -0.114. The standard InChI is InChI=1S/C14H24N2O2/c1-12(2,3)15-8-9-10-11(17-16-9)14(6,7)18-13(10,4)5/h15H,8H2,1-7H3. The van der Waals surface area contributed by atoms with E-state index in [0.29, 0.717) is 6.54 Å². The van der Waals surface area contributed by atoms with Gasteiger partial charge in [-0.05, 0) is 48.5 Å². The summed E-state index contributed by atoms with van der Waals surface area (Å²) >= 11 is 0. The summed E-state index contributed by atoms with van der Waals surface area (Å²) in [4.78, 5) is 0. The molecule has 18 heavy (non-hydrogen) atoms. The SMILES string of the molecule is CC(C)(C)NCc1noc2c1C(C)(C)OC2(C)C. The Morgan fingerprint density at radius 1 is 1.11 bits per heavy atom. The molecule has 0 radical (unpaired) electrons. The molecule has 1 aromatic rings. The first kappa shape index (κ1) is 13.6. The molecule has 0 aliphatic carbocycles. The van der Waals surface area contributed by atoms with E-state index >= 15 is 0 Å². The van der Waals surface area contributed by atoms with Crippen LogP contribution in [0.25, 0.3) is 0 Å². The van der Waals surface area contributed by atoms with Crippen LogP contribution >= 0.6 is 0 Å². The van der Waals surface area contributed by atoms with Gasteiger partial charge in [-0.1, -0.05) is 5.16 Å². The summed E-state index contributed by atoms with van der Waals surface area (Å²) in [6, 6.07) is 0. The predicted molar refractivity (Wildman–Crippen MR) is 70.2 cm³/mol. The van der Waals surface area contributed by atoms with E-state index in [9.17, 15) is 0 Å². The lowest BCUT2D eigenvalue weighted by Crippen LogP contribution is -2.36. The zero-order valence-electron chi connectivity index (χ0n) is 12.5. The van der Waals surface area contributed by atoms with Gasteiger partial charge in [0.05, 0.1) is 11.2 Å². The normalized spacial score (nSPS) is 21.1. The molecule has 0 aromatic carbocycles. The van der Waals surface area contributed by atoms with Gasteiger partial charge in [0.2, 0.25) is 0 Å². The van der Waals surface area contributed by atoms with Crippen molar-refractivity contribution in [3.05, 3.63) is 17.0 Å². The largest absolute Gasteiger partial charge is 0.358 e. The number of ether oxygens (including phenoxy) is 1. The maximum Gasteiger partial charge on any atom is 0.174 e. The fourth-order valence-corrected chi connectivity index (χ4v) is 2.56. The Hall–Kier alpha value is -0.870. The average Bonchev–Trinajstić information content (AvgIpc) is 2.62. The van der Waals surface area contributed by atoms with Gasteiger partial charge in [0.15, 0.2) is 5.76 Å². The lowest BCUT2D eigenvalue weighted by Gasteiger charge is -2.25. The van der Waals surface area contributed by atoms with Crippen molar-refractivity contribution in [1.29, 1.82) is 0 Å². The van der Waals surface area contributed by atoms with Crippen LogP contribution in [0.1, 0.15) is 65.5 Å². The van der Waals surface area contributed by atoms with E-state index in [1.165, 1.54) is 0 Å². The first-order valence-corrected chi connectivity index (χ1v) is 6.48. The van der Waals surface area contributed by atoms with Gasteiger partial charge in [0.1, 0.15) is 11.3 Å². The molecule has 1 aliphatic rings. The van der Waals surface area contributed by atoms with Gasteiger partial charge in [0.25, 0.3) is 0 Å². The van der Waals surface area contributed by atoms with Crippen LogP contribution in [0, 0.1) is 0 Å². The molecule has 0 amide bonds. The van der Waals surface area contributed by atoms with Crippen molar-refractivity contribution in [2.45, 2.75) is 71.8 Å². The van der Waals surface area contributed by atoms with Gasteiger partial charge in [-0.3, -0.25) is 0 Å². The van der Waals surface area contributed by atoms with Gasteiger partial charge in [-0.15, -0.1) is 0 Å². The molecule has 1 aliphatic heterocycles. The second-order valence-electron chi connectivity index (χ2n) is 7.06. The highest BCUT2D eigenvalue weighted by Gasteiger charge is 2.48. The summed E-state index contributed by atoms with van der Waals surface area (Å²) in [7, 11) is 0. The number of nitrogens with one attached hydrogen (secondary N) is 1. The van der Waals surface area contributed by atoms with Crippen molar-refractivity contribution in [1.82, 2.24) is 10.5 Å². The van der Waals surface area contributed by atoms with E-state index in [-0.39, 0.29) is 11.1 Å². The van der Waals surface area contributed by atoms with Crippen LogP contribution in [0.2, 0.25) is 0 Å². The van der Waals surface area contributed by atoms with Crippen LogP contribution in [-0.4, -0.2) is 10.7 Å². The maximum atomic E-state index is 6.06. The molecule has 2 rings (SSSR count). The third-order valence-electron chi connectivity index (χ3n) is 3.21. The minimum absolute atomic E-state index is 0.0605. The Morgan fingerprint density at radius 2 is 1.72 bits per heavy atom.